The molecule has 0 saturated heterocycles. The van der Waals surface area contributed by atoms with Gasteiger partial charge in [0, 0.05) is 0 Å². The normalized spacial score (nSPS) is 21.3. The summed E-state index contributed by atoms with van der Waals surface area (Å²) in [6.45, 7) is -0.749. The van der Waals surface area contributed by atoms with Gasteiger partial charge in [0.1, 0.15) is 24.4 Å². The second-order valence-corrected chi connectivity index (χ2v) is 2.49. The van der Waals surface area contributed by atoms with Gasteiger partial charge in [-0.25, -0.2) is 0 Å². The number of aliphatic hydroxyl groups is 5. The summed E-state index contributed by atoms with van der Waals surface area (Å²) in [5.41, 5.74) is 0. The number of oxime groups is 1. The molecule has 4 atom stereocenters. The zero-order valence-electron chi connectivity index (χ0n) is 6.72. The number of aliphatic hydroxyl groups excluding tert-OH is 5. The van der Waals surface area contributed by atoms with E-state index in [4.69, 9.17) is 30.7 Å². The highest BCUT2D eigenvalue weighted by molar-refractivity contribution is 5.62. The molecule has 0 aliphatic heterocycles. The Morgan fingerprint density at radius 2 is 1.62 bits per heavy atom. The minimum absolute atomic E-state index is 0.581. The van der Waals surface area contributed by atoms with Gasteiger partial charge in [-0.15, -0.1) is 0 Å². The third-order valence-corrected chi connectivity index (χ3v) is 1.50. The number of rotatable bonds is 5. The lowest BCUT2D eigenvalue weighted by atomic mass is 10.0. The van der Waals surface area contributed by atoms with Crippen LogP contribution in [0.1, 0.15) is 0 Å². The van der Waals surface area contributed by atoms with Crippen molar-refractivity contribution in [1.82, 2.24) is 0 Å². The van der Waals surface area contributed by atoms with E-state index in [0.29, 0.717) is 6.21 Å². The van der Waals surface area contributed by atoms with Crippen molar-refractivity contribution in [2.75, 3.05) is 6.61 Å². The molecular formula is C6H13NO6. The van der Waals surface area contributed by atoms with Crippen LogP contribution in [0.3, 0.4) is 0 Å². The summed E-state index contributed by atoms with van der Waals surface area (Å²) in [6.07, 6.45) is -6.02. The standard InChI is InChI=1S/C6H13NO6/c8-2-4(10)6(12)5(11)3(9)1-7-13/h1,3-6,8-13H,2H2/b7-1-/t3-,4+,5+,6-/m0/s1. The van der Waals surface area contributed by atoms with E-state index in [9.17, 15) is 0 Å². The van der Waals surface area contributed by atoms with E-state index in [1.54, 1.807) is 0 Å². The largest absolute Gasteiger partial charge is 0.411 e. The predicted molar refractivity (Wildman–Crippen MR) is 41.4 cm³/mol. The van der Waals surface area contributed by atoms with E-state index in [2.05, 4.69) is 5.16 Å². The van der Waals surface area contributed by atoms with Crippen LogP contribution in [0.5, 0.6) is 0 Å². The SMILES string of the molecule is OC[C@@H](O)[C@H](O)[C@H](O)[C@@H](O)/C=N\O. The van der Waals surface area contributed by atoms with Gasteiger partial charge in [0.25, 0.3) is 0 Å². The maximum Gasteiger partial charge on any atom is 0.121 e. The van der Waals surface area contributed by atoms with Crippen molar-refractivity contribution in [3.05, 3.63) is 0 Å². The Balaban J connectivity index is 4.15. The van der Waals surface area contributed by atoms with Gasteiger partial charge in [-0.1, -0.05) is 5.16 Å². The molecule has 0 heterocycles. The average molecular weight is 195 g/mol. The van der Waals surface area contributed by atoms with Crippen LogP contribution in [-0.2, 0) is 0 Å². The lowest BCUT2D eigenvalue weighted by molar-refractivity contribution is -0.100. The molecule has 7 heteroatoms. The van der Waals surface area contributed by atoms with E-state index in [-0.39, 0.29) is 0 Å². The smallest absolute Gasteiger partial charge is 0.121 e. The van der Waals surface area contributed by atoms with Gasteiger partial charge < -0.3 is 30.7 Å². The fourth-order valence-corrected chi connectivity index (χ4v) is 0.694. The summed E-state index contributed by atoms with van der Waals surface area (Å²) >= 11 is 0. The second-order valence-electron chi connectivity index (χ2n) is 2.49. The van der Waals surface area contributed by atoms with Crippen molar-refractivity contribution >= 4 is 6.21 Å². The molecule has 0 aliphatic carbocycles. The first kappa shape index (κ1) is 12.3. The van der Waals surface area contributed by atoms with Crippen molar-refractivity contribution in [3.63, 3.8) is 0 Å². The molecule has 0 aliphatic rings. The highest BCUT2D eigenvalue weighted by Crippen LogP contribution is 2.03. The third kappa shape index (κ3) is 3.66. The summed E-state index contributed by atoms with van der Waals surface area (Å²) in [4.78, 5) is 0. The Bertz CT molecular complexity index is 163. The molecule has 6 N–H and O–H groups in total. The van der Waals surface area contributed by atoms with Gasteiger partial charge in [-0.3, -0.25) is 0 Å². The van der Waals surface area contributed by atoms with Gasteiger partial charge in [0.2, 0.25) is 0 Å². The minimum atomic E-state index is -1.72. The molecule has 0 aromatic carbocycles. The van der Waals surface area contributed by atoms with Gasteiger partial charge in [0.05, 0.1) is 12.8 Å². The first-order valence-corrected chi connectivity index (χ1v) is 3.55. The zero-order chi connectivity index (χ0) is 10.4. The van der Waals surface area contributed by atoms with Crippen LogP contribution in [0.25, 0.3) is 0 Å². The van der Waals surface area contributed by atoms with Gasteiger partial charge in [0.15, 0.2) is 0 Å². The molecule has 13 heavy (non-hydrogen) atoms. The molecule has 0 fully saturated rings. The summed E-state index contributed by atoms with van der Waals surface area (Å²) in [5.74, 6) is 0. The fraction of sp³-hybridized carbons (Fsp3) is 0.833. The number of nitrogens with zero attached hydrogens (tertiary/aromatic N) is 1. The van der Waals surface area contributed by atoms with Gasteiger partial charge >= 0.3 is 0 Å². The summed E-state index contributed by atoms with van der Waals surface area (Å²) in [6, 6.07) is 0. The Kier molecular flexibility index (Phi) is 5.51. The lowest BCUT2D eigenvalue weighted by Crippen LogP contribution is -2.46. The molecule has 0 saturated carbocycles. The van der Waals surface area contributed by atoms with Gasteiger partial charge in [-0.2, -0.15) is 0 Å². The maximum absolute atomic E-state index is 9.05. The zero-order valence-corrected chi connectivity index (χ0v) is 6.72. The fourth-order valence-electron chi connectivity index (χ4n) is 0.694. The summed E-state index contributed by atoms with van der Waals surface area (Å²) < 4.78 is 0. The first-order valence-electron chi connectivity index (χ1n) is 3.55. The molecule has 0 amide bonds. The van der Waals surface area contributed by atoms with Crippen molar-refractivity contribution < 1.29 is 30.7 Å². The molecule has 0 aromatic rings. The summed E-state index contributed by atoms with van der Waals surface area (Å²) in [5, 5.41) is 54.6. The lowest BCUT2D eigenvalue weighted by Gasteiger charge is -2.23. The third-order valence-electron chi connectivity index (χ3n) is 1.50. The quantitative estimate of drug-likeness (QED) is 0.156. The van der Waals surface area contributed by atoms with E-state index >= 15 is 0 Å². The average Bonchev–Trinajstić information content (AvgIpc) is 2.14. The molecule has 0 unspecified atom stereocenters. The molecule has 0 bridgehead atoms. The predicted octanol–water partition coefficient (Wildman–Crippen LogP) is -3.12. The van der Waals surface area contributed by atoms with Crippen LogP contribution in [0, 0.1) is 0 Å². The highest BCUT2D eigenvalue weighted by Gasteiger charge is 2.29. The van der Waals surface area contributed by atoms with E-state index in [1.165, 1.54) is 0 Å². The molecule has 0 rings (SSSR count). The molecule has 0 radical (unpaired) electrons. The Morgan fingerprint density at radius 3 is 2.00 bits per heavy atom. The minimum Gasteiger partial charge on any atom is -0.411 e. The Morgan fingerprint density at radius 1 is 1.08 bits per heavy atom. The van der Waals surface area contributed by atoms with E-state index in [1.807, 2.05) is 0 Å². The van der Waals surface area contributed by atoms with Crippen molar-refractivity contribution in [2.45, 2.75) is 24.4 Å². The molecule has 0 spiro atoms. The molecule has 78 valence electrons. The van der Waals surface area contributed by atoms with Crippen LogP contribution in [0.4, 0.5) is 0 Å². The van der Waals surface area contributed by atoms with Crippen LogP contribution >= 0.6 is 0 Å². The van der Waals surface area contributed by atoms with Crippen LogP contribution in [0.15, 0.2) is 5.16 Å². The van der Waals surface area contributed by atoms with Gasteiger partial charge in [-0.05, 0) is 0 Å². The Labute approximate surface area is 74.2 Å². The maximum atomic E-state index is 9.05. The first-order chi connectivity index (χ1) is 6.04. The molecular weight excluding hydrogens is 182 g/mol. The van der Waals surface area contributed by atoms with Crippen LogP contribution in [-0.4, -0.2) is 68.0 Å². The van der Waals surface area contributed by atoms with Crippen molar-refractivity contribution in [1.29, 1.82) is 0 Å². The molecule has 7 nitrogen and oxygen atoms in total. The van der Waals surface area contributed by atoms with Crippen molar-refractivity contribution in [2.24, 2.45) is 5.16 Å². The number of hydrogen-bond donors (Lipinski definition) is 6. The summed E-state index contributed by atoms with van der Waals surface area (Å²) in [7, 11) is 0. The van der Waals surface area contributed by atoms with Crippen molar-refractivity contribution in [3.8, 4) is 0 Å². The monoisotopic (exact) mass is 195 g/mol. The highest BCUT2D eigenvalue weighted by atomic mass is 16.4. The topological polar surface area (TPSA) is 134 Å². The molecule has 0 aromatic heterocycles. The van der Waals surface area contributed by atoms with Crippen LogP contribution in [0.2, 0.25) is 0 Å². The second kappa shape index (κ2) is 5.84. The van der Waals surface area contributed by atoms with E-state index in [0.717, 1.165) is 0 Å². The van der Waals surface area contributed by atoms with E-state index < -0.39 is 31.0 Å². The van der Waals surface area contributed by atoms with Crippen LogP contribution < -0.4 is 0 Å². The Hall–Kier alpha value is -0.730. The number of hydrogen-bond acceptors (Lipinski definition) is 7.